The van der Waals surface area contributed by atoms with Crippen LogP contribution in [0.15, 0.2) is 47.6 Å². The van der Waals surface area contributed by atoms with Gasteiger partial charge in [-0.15, -0.1) is 0 Å². The number of aryl methyl sites for hydroxylation is 3. The number of likely N-dealkylation sites (tertiary alicyclic amines) is 1. The van der Waals surface area contributed by atoms with Crippen molar-refractivity contribution in [3.05, 3.63) is 70.3 Å². The summed E-state index contributed by atoms with van der Waals surface area (Å²) in [4.78, 5) is 15.7. The Labute approximate surface area is 196 Å². The molecular formula is C27H33N3O3. The molecule has 174 valence electrons. The van der Waals surface area contributed by atoms with E-state index in [1.807, 2.05) is 0 Å². The molecule has 2 saturated heterocycles. The monoisotopic (exact) mass is 447 g/mol. The van der Waals surface area contributed by atoms with Gasteiger partial charge in [0.2, 0.25) is 0 Å². The van der Waals surface area contributed by atoms with Gasteiger partial charge in [-0.05, 0) is 38.0 Å². The normalized spacial score (nSPS) is 22.7. The summed E-state index contributed by atoms with van der Waals surface area (Å²) in [6, 6.07) is 14.8. The van der Waals surface area contributed by atoms with E-state index in [9.17, 15) is 4.79 Å². The maximum atomic E-state index is 13.5. The van der Waals surface area contributed by atoms with Crippen molar-refractivity contribution in [2.24, 2.45) is 5.10 Å². The minimum absolute atomic E-state index is 0.0464. The van der Waals surface area contributed by atoms with Crippen molar-refractivity contribution in [1.82, 2.24) is 9.91 Å². The Bertz CT molecular complexity index is 1050. The number of hydrazone groups is 1. The minimum Gasteiger partial charge on any atom is -0.347 e. The number of carbonyl (C=O) groups excluding carboxylic acids is 1. The van der Waals surface area contributed by atoms with Gasteiger partial charge >= 0.3 is 0 Å². The van der Waals surface area contributed by atoms with E-state index in [1.54, 1.807) is 5.01 Å². The van der Waals surface area contributed by atoms with E-state index < -0.39 is 5.79 Å². The van der Waals surface area contributed by atoms with E-state index in [4.69, 9.17) is 14.6 Å². The lowest BCUT2D eigenvalue weighted by Crippen LogP contribution is -2.48. The smallest absolute Gasteiger partial charge is 0.257 e. The zero-order valence-electron chi connectivity index (χ0n) is 19.8. The summed E-state index contributed by atoms with van der Waals surface area (Å²) in [7, 11) is 0. The van der Waals surface area contributed by atoms with E-state index in [0.717, 1.165) is 49.2 Å². The fraction of sp³-hybridized carbons (Fsp3) is 0.481. The number of hydrogen-bond acceptors (Lipinski definition) is 5. The van der Waals surface area contributed by atoms with Crippen LogP contribution in [0.25, 0.3) is 0 Å². The van der Waals surface area contributed by atoms with Crippen molar-refractivity contribution in [3.8, 4) is 0 Å². The second-order valence-corrected chi connectivity index (χ2v) is 9.62. The molecule has 3 aliphatic heterocycles. The molecule has 3 heterocycles. The molecule has 6 heteroatoms. The molecule has 1 unspecified atom stereocenters. The van der Waals surface area contributed by atoms with Gasteiger partial charge in [-0.3, -0.25) is 9.69 Å². The van der Waals surface area contributed by atoms with E-state index in [-0.39, 0.29) is 11.9 Å². The zero-order valence-corrected chi connectivity index (χ0v) is 19.8. The zero-order chi connectivity index (χ0) is 23.0. The van der Waals surface area contributed by atoms with E-state index in [0.29, 0.717) is 19.8 Å². The third-order valence-electron chi connectivity index (χ3n) is 7.12. The summed E-state index contributed by atoms with van der Waals surface area (Å²) in [5.74, 6) is -0.379. The average molecular weight is 448 g/mol. The van der Waals surface area contributed by atoms with E-state index in [1.165, 1.54) is 16.7 Å². The molecule has 0 aliphatic carbocycles. The Hall–Kier alpha value is -2.54. The van der Waals surface area contributed by atoms with Crippen LogP contribution in [-0.4, -0.2) is 60.2 Å². The van der Waals surface area contributed by atoms with Gasteiger partial charge in [0.05, 0.1) is 31.5 Å². The molecule has 1 spiro atoms. The lowest BCUT2D eigenvalue weighted by molar-refractivity contribution is -0.186. The third kappa shape index (κ3) is 4.60. The summed E-state index contributed by atoms with van der Waals surface area (Å²) >= 11 is 0. The maximum absolute atomic E-state index is 13.5. The molecule has 3 aliphatic rings. The first-order chi connectivity index (χ1) is 15.9. The first kappa shape index (κ1) is 22.3. The van der Waals surface area contributed by atoms with Crippen LogP contribution in [0.2, 0.25) is 0 Å². The number of ether oxygens (including phenoxy) is 2. The van der Waals surface area contributed by atoms with Crippen molar-refractivity contribution in [2.75, 3.05) is 32.8 Å². The van der Waals surface area contributed by atoms with Crippen molar-refractivity contribution < 1.29 is 14.3 Å². The molecular weight excluding hydrogens is 414 g/mol. The number of amides is 1. The lowest BCUT2D eigenvalue weighted by Gasteiger charge is -2.37. The predicted octanol–water partition coefficient (Wildman–Crippen LogP) is 4.13. The number of benzene rings is 2. The molecule has 1 amide bonds. The fourth-order valence-corrected chi connectivity index (χ4v) is 5.10. The number of carbonyl (C=O) groups is 1. The van der Waals surface area contributed by atoms with Crippen LogP contribution < -0.4 is 0 Å². The molecule has 33 heavy (non-hydrogen) atoms. The summed E-state index contributed by atoms with van der Waals surface area (Å²) in [6.45, 7) is 9.58. The van der Waals surface area contributed by atoms with Crippen molar-refractivity contribution >= 4 is 11.6 Å². The predicted molar refractivity (Wildman–Crippen MR) is 128 cm³/mol. The number of rotatable bonds is 4. The maximum Gasteiger partial charge on any atom is 0.257 e. The van der Waals surface area contributed by atoms with Crippen LogP contribution in [0.4, 0.5) is 0 Å². The standard InChI is InChI=1S/C27H33N3O3/c1-19-5-8-22(9-6-19)25-17-24(23-16-20(2)4-7-21(23)3)28-30(25)26(31)18-29-12-10-27(11-13-29)32-14-15-33-27/h4-9,16,25H,10-15,17-18H2,1-3H3. The summed E-state index contributed by atoms with van der Waals surface area (Å²) < 4.78 is 11.7. The highest BCUT2D eigenvalue weighted by atomic mass is 16.7. The highest BCUT2D eigenvalue weighted by Crippen LogP contribution is 2.35. The van der Waals surface area contributed by atoms with Gasteiger partial charge in [0.15, 0.2) is 5.79 Å². The van der Waals surface area contributed by atoms with Crippen LogP contribution in [0.3, 0.4) is 0 Å². The van der Waals surface area contributed by atoms with Crippen LogP contribution in [0.1, 0.15) is 53.1 Å². The topological polar surface area (TPSA) is 54.4 Å². The number of piperidine rings is 1. The molecule has 1 atom stereocenters. The molecule has 0 bridgehead atoms. The van der Waals surface area contributed by atoms with Gasteiger partial charge in [0.25, 0.3) is 5.91 Å². The summed E-state index contributed by atoms with van der Waals surface area (Å²) in [5, 5.41) is 6.63. The van der Waals surface area contributed by atoms with Gasteiger partial charge in [-0.2, -0.15) is 5.10 Å². The van der Waals surface area contributed by atoms with Gasteiger partial charge in [0, 0.05) is 37.9 Å². The fourth-order valence-electron chi connectivity index (χ4n) is 5.10. The van der Waals surface area contributed by atoms with Crippen LogP contribution in [-0.2, 0) is 14.3 Å². The first-order valence-electron chi connectivity index (χ1n) is 12.0. The van der Waals surface area contributed by atoms with Crippen molar-refractivity contribution in [3.63, 3.8) is 0 Å². The molecule has 2 fully saturated rings. The molecule has 0 radical (unpaired) electrons. The molecule has 2 aromatic carbocycles. The highest BCUT2D eigenvalue weighted by molar-refractivity contribution is 6.04. The second-order valence-electron chi connectivity index (χ2n) is 9.62. The molecule has 0 N–H and O–H groups in total. The third-order valence-corrected chi connectivity index (χ3v) is 7.12. The summed E-state index contributed by atoms with van der Waals surface area (Å²) in [5.41, 5.74) is 6.85. The lowest BCUT2D eigenvalue weighted by atomic mass is 9.94. The first-order valence-corrected chi connectivity index (χ1v) is 12.0. The van der Waals surface area contributed by atoms with Crippen molar-refractivity contribution in [2.45, 2.75) is 51.9 Å². The molecule has 6 nitrogen and oxygen atoms in total. The van der Waals surface area contributed by atoms with Crippen LogP contribution >= 0.6 is 0 Å². The molecule has 2 aromatic rings. The highest BCUT2D eigenvalue weighted by Gasteiger charge is 2.41. The Morgan fingerprint density at radius 1 is 1.00 bits per heavy atom. The Balaban J connectivity index is 1.36. The minimum atomic E-state index is -0.425. The van der Waals surface area contributed by atoms with E-state index in [2.05, 4.69) is 68.1 Å². The van der Waals surface area contributed by atoms with Crippen molar-refractivity contribution in [1.29, 1.82) is 0 Å². The largest absolute Gasteiger partial charge is 0.347 e. The Morgan fingerprint density at radius 3 is 2.36 bits per heavy atom. The van der Waals surface area contributed by atoms with Gasteiger partial charge in [-0.1, -0.05) is 47.5 Å². The van der Waals surface area contributed by atoms with Gasteiger partial charge in [0.1, 0.15) is 0 Å². The van der Waals surface area contributed by atoms with E-state index >= 15 is 0 Å². The summed E-state index contributed by atoms with van der Waals surface area (Å²) in [6.07, 6.45) is 2.33. The number of hydrogen-bond donors (Lipinski definition) is 0. The molecule has 0 saturated carbocycles. The second kappa shape index (κ2) is 9.01. The average Bonchev–Trinajstić information content (AvgIpc) is 3.46. The quantitative estimate of drug-likeness (QED) is 0.707. The molecule has 5 rings (SSSR count). The Kier molecular flexibility index (Phi) is 6.08. The van der Waals surface area contributed by atoms with Crippen LogP contribution in [0, 0.1) is 20.8 Å². The Morgan fingerprint density at radius 2 is 1.67 bits per heavy atom. The molecule has 0 aromatic heterocycles. The van der Waals surface area contributed by atoms with Gasteiger partial charge < -0.3 is 9.47 Å². The number of nitrogens with zero attached hydrogens (tertiary/aromatic N) is 3. The SMILES string of the molecule is Cc1ccc(C2CC(c3cc(C)ccc3C)=NN2C(=O)CN2CCC3(CC2)OCCO3)cc1. The van der Waals surface area contributed by atoms with Crippen LogP contribution in [0.5, 0.6) is 0 Å². The van der Waals surface area contributed by atoms with Gasteiger partial charge in [-0.25, -0.2) is 5.01 Å².